The lowest BCUT2D eigenvalue weighted by molar-refractivity contribution is -0.138. The molecule has 1 unspecified atom stereocenters. The first-order valence-corrected chi connectivity index (χ1v) is 11.3. The number of hydrogen-bond acceptors (Lipinski definition) is 8. The fourth-order valence-electron chi connectivity index (χ4n) is 3.65. The van der Waals surface area contributed by atoms with Gasteiger partial charge >= 0.3 is 11.9 Å². The van der Waals surface area contributed by atoms with Crippen LogP contribution in [0, 0.1) is 6.92 Å². The Morgan fingerprint density at radius 3 is 2.56 bits per heavy atom. The fourth-order valence-corrected chi connectivity index (χ4v) is 4.68. The molecule has 2 aromatic heterocycles. The summed E-state index contributed by atoms with van der Waals surface area (Å²) in [5.41, 5.74) is 1.02. The Bertz CT molecular complexity index is 1490. The Balaban J connectivity index is 1.89. The SMILES string of the molecule is C=CCOC(=O)C1=C(C)N=c2s/c(=C\c3ccc(C)o3)c(=O)n2C1c1ccc(OC(C)=O)cc1. The molecule has 0 saturated carbocycles. The second kappa shape index (κ2) is 9.48. The van der Waals surface area contributed by atoms with Gasteiger partial charge in [-0.05, 0) is 43.7 Å². The number of ether oxygens (including phenoxy) is 2. The van der Waals surface area contributed by atoms with Gasteiger partial charge in [-0.3, -0.25) is 14.2 Å². The van der Waals surface area contributed by atoms with E-state index in [9.17, 15) is 14.4 Å². The Morgan fingerprint density at radius 2 is 1.94 bits per heavy atom. The van der Waals surface area contributed by atoms with Crippen molar-refractivity contribution < 1.29 is 23.5 Å². The molecule has 0 amide bonds. The van der Waals surface area contributed by atoms with Crippen LogP contribution < -0.4 is 19.6 Å². The largest absolute Gasteiger partial charge is 0.462 e. The summed E-state index contributed by atoms with van der Waals surface area (Å²) in [7, 11) is 0. The molecule has 3 heterocycles. The van der Waals surface area contributed by atoms with E-state index in [2.05, 4.69) is 11.6 Å². The molecule has 0 saturated heterocycles. The number of esters is 2. The number of benzene rings is 1. The Morgan fingerprint density at radius 1 is 1.21 bits per heavy atom. The molecular weight excluding hydrogens is 456 g/mol. The Hall–Kier alpha value is -3.98. The average molecular weight is 479 g/mol. The molecule has 0 aliphatic carbocycles. The highest BCUT2D eigenvalue weighted by molar-refractivity contribution is 7.07. The van der Waals surface area contributed by atoms with E-state index in [1.54, 1.807) is 43.3 Å². The molecule has 1 aliphatic rings. The number of thiazole rings is 1. The topological polar surface area (TPSA) is 100 Å². The summed E-state index contributed by atoms with van der Waals surface area (Å²) in [6.45, 7) is 8.44. The first-order chi connectivity index (χ1) is 16.3. The Labute approximate surface area is 198 Å². The van der Waals surface area contributed by atoms with Gasteiger partial charge in [0.05, 0.1) is 21.8 Å². The summed E-state index contributed by atoms with van der Waals surface area (Å²) in [5.74, 6) is 0.595. The van der Waals surface area contributed by atoms with Crippen LogP contribution in [0.2, 0.25) is 0 Å². The van der Waals surface area contributed by atoms with Crippen LogP contribution in [0.5, 0.6) is 5.75 Å². The van der Waals surface area contributed by atoms with E-state index < -0.39 is 18.0 Å². The third-order valence-corrected chi connectivity index (χ3v) is 6.05. The summed E-state index contributed by atoms with van der Waals surface area (Å²) in [6.07, 6.45) is 3.13. The predicted octanol–water partition coefficient (Wildman–Crippen LogP) is 2.79. The van der Waals surface area contributed by atoms with E-state index >= 15 is 0 Å². The quantitative estimate of drug-likeness (QED) is 0.307. The van der Waals surface area contributed by atoms with Gasteiger partial charge in [-0.1, -0.05) is 36.1 Å². The summed E-state index contributed by atoms with van der Waals surface area (Å²) in [5, 5.41) is 0. The Kier molecular flexibility index (Phi) is 6.47. The lowest BCUT2D eigenvalue weighted by Gasteiger charge is -2.24. The van der Waals surface area contributed by atoms with Crippen LogP contribution in [-0.4, -0.2) is 23.1 Å². The van der Waals surface area contributed by atoms with Gasteiger partial charge in [0.2, 0.25) is 0 Å². The number of furan rings is 1. The third kappa shape index (κ3) is 4.55. The van der Waals surface area contributed by atoms with Crippen molar-refractivity contribution in [3.8, 4) is 5.75 Å². The molecule has 3 aromatic rings. The van der Waals surface area contributed by atoms with Gasteiger partial charge in [0, 0.05) is 13.0 Å². The van der Waals surface area contributed by atoms with Gasteiger partial charge in [0.25, 0.3) is 5.56 Å². The van der Waals surface area contributed by atoms with Crippen LogP contribution in [0.4, 0.5) is 0 Å². The zero-order chi connectivity index (χ0) is 24.4. The minimum atomic E-state index is -0.777. The number of fused-ring (bicyclic) bond motifs is 1. The maximum Gasteiger partial charge on any atom is 0.338 e. The molecule has 0 radical (unpaired) electrons. The first-order valence-electron chi connectivity index (χ1n) is 10.4. The second-order valence-corrected chi connectivity index (χ2v) is 8.59. The van der Waals surface area contributed by atoms with E-state index in [4.69, 9.17) is 13.9 Å². The van der Waals surface area contributed by atoms with Crippen molar-refractivity contribution in [1.82, 2.24) is 4.57 Å². The molecular formula is C25H22N2O6S. The van der Waals surface area contributed by atoms with Crippen molar-refractivity contribution in [2.45, 2.75) is 26.8 Å². The van der Waals surface area contributed by atoms with Crippen LogP contribution in [0.15, 0.2) is 74.5 Å². The molecule has 4 rings (SSSR count). The van der Waals surface area contributed by atoms with Crippen molar-refractivity contribution in [1.29, 1.82) is 0 Å². The third-order valence-electron chi connectivity index (χ3n) is 5.07. The molecule has 0 spiro atoms. The molecule has 0 N–H and O–H groups in total. The molecule has 174 valence electrons. The van der Waals surface area contributed by atoms with Crippen LogP contribution in [-0.2, 0) is 14.3 Å². The summed E-state index contributed by atoms with van der Waals surface area (Å²) in [4.78, 5) is 42.7. The molecule has 34 heavy (non-hydrogen) atoms. The predicted molar refractivity (Wildman–Crippen MR) is 126 cm³/mol. The van der Waals surface area contributed by atoms with Crippen molar-refractivity contribution in [3.63, 3.8) is 0 Å². The van der Waals surface area contributed by atoms with Gasteiger partial charge in [0.1, 0.15) is 23.9 Å². The zero-order valence-electron chi connectivity index (χ0n) is 18.9. The highest BCUT2D eigenvalue weighted by Gasteiger charge is 2.33. The molecule has 8 nitrogen and oxygen atoms in total. The van der Waals surface area contributed by atoms with E-state index in [0.29, 0.717) is 32.1 Å². The number of aromatic nitrogens is 1. The molecule has 1 atom stereocenters. The number of allylic oxidation sites excluding steroid dienone is 1. The summed E-state index contributed by atoms with van der Waals surface area (Å²) >= 11 is 1.21. The van der Waals surface area contributed by atoms with E-state index in [1.807, 2.05) is 13.0 Å². The maximum absolute atomic E-state index is 13.5. The fraction of sp³-hybridized carbons (Fsp3) is 0.200. The van der Waals surface area contributed by atoms with Crippen molar-refractivity contribution >= 4 is 29.4 Å². The number of aryl methyl sites for hydroxylation is 1. The van der Waals surface area contributed by atoms with Gasteiger partial charge in [-0.2, -0.15) is 0 Å². The summed E-state index contributed by atoms with van der Waals surface area (Å²) in [6, 6.07) is 9.45. The van der Waals surface area contributed by atoms with Gasteiger partial charge in [-0.25, -0.2) is 9.79 Å². The van der Waals surface area contributed by atoms with E-state index in [0.717, 1.165) is 5.76 Å². The minimum absolute atomic E-state index is 0.0238. The maximum atomic E-state index is 13.5. The highest BCUT2D eigenvalue weighted by atomic mass is 32.1. The van der Waals surface area contributed by atoms with Gasteiger partial charge in [0.15, 0.2) is 4.80 Å². The number of rotatable bonds is 6. The van der Waals surface area contributed by atoms with Crippen molar-refractivity contribution in [2.24, 2.45) is 4.99 Å². The number of nitrogens with zero attached hydrogens (tertiary/aromatic N) is 2. The van der Waals surface area contributed by atoms with Crippen molar-refractivity contribution in [2.75, 3.05) is 6.61 Å². The van der Waals surface area contributed by atoms with Crippen LogP contribution in [0.25, 0.3) is 6.08 Å². The number of carbonyl (C=O) groups is 2. The normalized spacial score (nSPS) is 15.5. The van der Waals surface area contributed by atoms with Crippen LogP contribution in [0.3, 0.4) is 0 Å². The molecule has 1 aromatic carbocycles. The van der Waals surface area contributed by atoms with Crippen LogP contribution in [0.1, 0.15) is 37.0 Å². The van der Waals surface area contributed by atoms with E-state index in [1.165, 1.54) is 28.9 Å². The first kappa shape index (κ1) is 23.2. The van der Waals surface area contributed by atoms with Crippen LogP contribution >= 0.6 is 11.3 Å². The highest BCUT2D eigenvalue weighted by Crippen LogP contribution is 2.31. The molecule has 0 bridgehead atoms. The van der Waals surface area contributed by atoms with Crippen molar-refractivity contribution in [3.05, 3.63) is 97.1 Å². The lowest BCUT2D eigenvalue weighted by atomic mass is 9.96. The molecule has 9 heteroatoms. The van der Waals surface area contributed by atoms with Gasteiger partial charge in [-0.15, -0.1) is 0 Å². The molecule has 1 aliphatic heterocycles. The number of carbonyl (C=O) groups excluding carboxylic acids is 2. The smallest absolute Gasteiger partial charge is 0.338 e. The average Bonchev–Trinajstić information content (AvgIpc) is 3.33. The monoisotopic (exact) mass is 478 g/mol. The number of hydrogen-bond donors (Lipinski definition) is 0. The second-order valence-electron chi connectivity index (χ2n) is 7.58. The molecule has 0 fully saturated rings. The standard InChI is InChI=1S/C25H22N2O6S/c1-5-12-31-24(30)21-15(3)26-25-27(22(21)17-7-10-18(11-8-17)33-16(4)28)23(29)20(34-25)13-19-9-6-14(2)32-19/h5-11,13,22H,1,12H2,2-4H3/b20-13-. The van der Waals surface area contributed by atoms with Gasteiger partial charge < -0.3 is 13.9 Å². The summed E-state index contributed by atoms with van der Waals surface area (Å²) < 4.78 is 17.9. The zero-order valence-corrected chi connectivity index (χ0v) is 19.7. The lowest BCUT2D eigenvalue weighted by Crippen LogP contribution is -2.39. The van der Waals surface area contributed by atoms with E-state index in [-0.39, 0.29) is 17.7 Å². The minimum Gasteiger partial charge on any atom is -0.462 e.